The maximum Gasteiger partial charge on any atom is 0.238 e. The molecule has 0 saturated carbocycles. The molecule has 0 bridgehead atoms. The number of aromatic nitrogens is 4. The van der Waals surface area contributed by atoms with E-state index in [4.69, 9.17) is 9.72 Å². The van der Waals surface area contributed by atoms with E-state index in [9.17, 15) is 5.11 Å². The molecule has 0 fully saturated rings. The third-order valence-corrected chi connectivity index (χ3v) is 5.86. The van der Waals surface area contributed by atoms with E-state index in [-0.39, 0.29) is 5.75 Å². The first-order valence-corrected chi connectivity index (χ1v) is 10.9. The third-order valence-electron chi connectivity index (χ3n) is 5.86. The Bertz CT molecular complexity index is 1690. The smallest absolute Gasteiger partial charge is 0.238 e. The second-order valence-corrected chi connectivity index (χ2v) is 8.23. The van der Waals surface area contributed by atoms with Gasteiger partial charge in [0.05, 0.1) is 28.4 Å². The van der Waals surface area contributed by atoms with Gasteiger partial charge in [0.2, 0.25) is 5.88 Å². The lowest BCUT2D eigenvalue weighted by Gasteiger charge is -2.18. The zero-order chi connectivity index (χ0) is 23.2. The van der Waals surface area contributed by atoms with Crippen molar-refractivity contribution in [2.45, 2.75) is 0 Å². The van der Waals surface area contributed by atoms with Gasteiger partial charge >= 0.3 is 0 Å². The number of aromatic hydroxyl groups is 1. The van der Waals surface area contributed by atoms with Gasteiger partial charge in [0, 0.05) is 37.1 Å². The van der Waals surface area contributed by atoms with Gasteiger partial charge in [-0.15, -0.1) is 0 Å². The van der Waals surface area contributed by atoms with Crippen molar-refractivity contribution in [2.24, 2.45) is 0 Å². The first-order chi connectivity index (χ1) is 16.6. The summed E-state index contributed by atoms with van der Waals surface area (Å²) in [7, 11) is 4.02. The predicted molar refractivity (Wildman–Crippen MR) is 134 cm³/mol. The average molecular weight is 447 g/mol. The van der Waals surface area contributed by atoms with Crippen molar-refractivity contribution in [3.63, 3.8) is 0 Å². The van der Waals surface area contributed by atoms with Crippen LogP contribution < -0.4 is 9.64 Å². The number of phenols is 1. The number of hydrogen-bond donors (Lipinski definition) is 1. The fraction of sp³-hybridized carbons (Fsp3) is 0.0741. The van der Waals surface area contributed by atoms with Crippen molar-refractivity contribution in [1.29, 1.82) is 0 Å². The Morgan fingerprint density at radius 3 is 2.59 bits per heavy atom. The topological polar surface area (TPSA) is 76.3 Å². The van der Waals surface area contributed by atoms with Gasteiger partial charge in [-0.3, -0.25) is 4.57 Å². The summed E-state index contributed by atoms with van der Waals surface area (Å²) in [5.74, 6) is 1.83. The number of pyridine rings is 1. The predicted octanol–water partition coefficient (Wildman–Crippen LogP) is 5.69. The molecule has 7 nitrogen and oxygen atoms in total. The van der Waals surface area contributed by atoms with E-state index in [0.717, 1.165) is 33.3 Å². The Kier molecular flexibility index (Phi) is 4.55. The lowest BCUT2D eigenvalue weighted by atomic mass is 10.1. The highest BCUT2D eigenvalue weighted by Crippen LogP contribution is 2.36. The van der Waals surface area contributed by atoms with Gasteiger partial charge in [0.1, 0.15) is 17.0 Å². The molecular weight excluding hydrogens is 426 g/mol. The van der Waals surface area contributed by atoms with Gasteiger partial charge in [-0.1, -0.05) is 24.3 Å². The molecule has 6 aromatic rings. The highest BCUT2D eigenvalue weighted by molar-refractivity contribution is 6.09. The second-order valence-electron chi connectivity index (χ2n) is 8.23. The highest BCUT2D eigenvalue weighted by Gasteiger charge is 2.17. The van der Waals surface area contributed by atoms with E-state index >= 15 is 0 Å². The Balaban J connectivity index is 1.54. The van der Waals surface area contributed by atoms with E-state index in [2.05, 4.69) is 37.6 Å². The number of anilines is 1. The maximum atomic E-state index is 10.1. The summed E-state index contributed by atoms with van der Waals surface area (Å²) in [6, 6.07) is 23.4. The van der Waals surface area contributed by atoms with Crippen LogP contribution >= 0.6 is 0 Å². The number of para-hydroxylation sites is 2. The molecule has 0 atom stereocenters. The van der Waals surface area contributed by atoms with Gasteiger partial charge in [-0.25, -0.2) is 15.0 Å². The summed E-state index contributed by atoms with van der Waals surface area (Å²) in [6.45, 7) is 0. The Hall–Kier alpha value is -4.65. The van der Waals surface area contributed by atoms with Gasteiger partial charge in [-0.2, -0.15) is 0 Å². The summed E-state index contributed by atoms with van der Waals surface area (Å²) in [5.41, 5.74) is 4.05. The van der Waals surface area contributed by atoms with E-state index < -0.39 is 0 Å². The molecule has 6 rings (SSSR count). The zero-order valence-corrected chi connectivity index (χ0v) is 18.7. The number of nitrogens with zero attached hydrogens (tertiary/aromatic N) is 5. The molecule has 3 aromatic carbocycles. The molecule has 0 aliphatic carbocycles. The van der Waals surface area contributed by atoms with Crippen LogP contribution in [0.1, 0.15) is 0 Å². The Morgan fingerprint density at radius 2 is 1.71 bits per heavy atom. The summed E-state index contributed by atoms with van der Waals surface area (Å²) < 4.78 is 8.24. The minimum Gasteiger partial charge on any atom is -0.506 e. The van der Waals surface area contributed by atoms with Crippen LogP contribution in [0.5, 0.6) is 17.4 Å². The first kappa shape index (κ1) is 20.0. The fourth-order valence-electron chi connectivity index (χ4n) is 4.32. The van der Waals surface area contributed by atoms with Crippen LogP contribution in [0.25, 0.3) is 38.7 Å². The molecule has 34 heavy (non-hydrogen) atoms. The average Bonchev–Trinajstić information content (AvgIpc) is 3.18. The summed E-state index contributed by atoms with van der Waals surface area (Å²) >= 11 is 0. The summed E-state index contributed by atoms with van der Waals surface area (Å²) in [6.07, 6.45) is 3.37. The van der Waals surface area contributed by atoms with Crippen LogP contribution in [0.15, 0.2) is 85.2 Å². The van der Waals surface area contributed by atoms with E-state index in [0.29, 0.717) is 22.7 Å². The van der Waals surface area contributed by atoms with Gasteiger partial charge in [-0.05, 0) is 42.5 Å². The Labute approximate surface area is 195 Å². The van der Waals surface area contributed by atoms with Crippen LogP contribution in [0.2, 0.25) is 0 Å². The fourth-order valence-corrected chi connectivity index (χ4v) is 4.32. The van der Waals surface area contributed by atoms with Crippen LogP contribution in [0, 0.1) is 0 Å². The van der Waals surface area contributed by atoms with Crippen molar-refractivity contribution >= 4 is 38.5 Å². The number of fused-ring (bicyclic) bond motifs is 4. The second kappa shape index (κ2) is 7.74. The number of phenolic OH excluding ortho intramolecular Hbond substituents is 1. The van der Waals surface area contributed by atoms with Crippen molar-refractivity contribution < 1.29 is 9.84 Å². The molecule has 0 saturated heterocycles. The normalized spacial score (nSPS) is 11.4. The van der Waals surface area contributed by atoms with Crippen LogP contribution in [0.4, 0.5) is 5.69 Å². The third kappa shape index (κ3) is 3.17. The Morgan fingerprint density at radius 1 is 0.853 bits per heavy atom. The zero-order valence-electron chi connectivity index (χ0n) is 18.7. The molecule has 0 radical (unpaired) electrons. The molecule has 7 heteroatoms. The first-order valence-electron chi connectivity index (χ1n) is 10.9. The van der Waals surface area contributed by atoms with Gasteiger partial charge < -0.3 is 14.7 Å². The molecule has 166 valence electrons. The van der Waals surface area contributed by atoms with Crippen molar-refractivity contribution in [3.05, 3.63) is 85.2 Å². The molecule has 0 unspecified atom stereocenters. The van der Waals surface area contributed by atoms with E-state index in [1.54, 1.807) is 30.6 Å². The molecule has 1 N–H and O–H groups in total. The van der Waals surface area contributed by atoms with E-state index in [1.165, 1.54) is 0 Å². The van der Waals surface area contributed by atoms with Crippen molar-refractivity contribution in [3.8, 4) is 23.2 Å². The maximum absolute atomic E-state index is 10.1. The quantitative estimate of drug-likeness (QED) is 0.374. The van der Waals surface area contributed by atoms with Gasteiger partial charge in [0.15, 0.2) is 5.82 Å². The number of ether oxygens (including phenoxy) is 1. The number of hydrogen-bond acceptors (Lipinski definition) is 6. The molecular formula is C27H21N5O2. The monoisotopic (exact) mass is 447 g/mol. The lowest BCUT2D eigenvalue weighted by Crippen LogP contribution is -2.13. The number of rotatable bonds is 4. The van der Waals surface area contributed by atoms with Crippen molar-refractivity contribution in [2.75, 3.05) is 19.0 Å². The minimum absolute atomic E-state index is 0.0670. The molecule has 0 aliphatic rings. The number of benzene rings is 3. The van der Waals surface area contributed by atoms with Crippen LogP contribution in [0.3, 0.4) is 0 Å². The van der Waals surface area contributed by atoms with Gasteiger partial charge in [0.25, 0.3) is 0 Å². The molecule has 0 amide bonds. The molecule has 0 spiro atoms. The molecule has 0 aliphatic heterocycles. The standard InChI is InChI=1S/C27H21N5O2/c1-31(2)22-10-6-14-28-27(22)32-21-9-4-3-7-18(21)19-13-12-17(15-23(19)32)34-25-16-29-20-8-5-11-24(33)26(20)30-25/h3-16,33H,1-2H3. The highest BCUT2D eigenvalue weighted by atomic mass is 16.5. The van der Waals surface area contributed by atoms with Crippen LogP contribution in [-0.4, -0.2) is 38.7 Å². The summed E-state index contributed by atoms with van der Waals surface area (Å²) in [4.78, 5) is 15.6. The largest absolute Gasteiger partial charge is 0.506 e. The summed E-state index contributed by atoms with van der Waals surface area (Å²) in [5, 5.41) is 12.4. The SMILES string of the molecule is CN(C)c1cccnc1-n1c2ccccc2c2ccc(Oc3cnc4cccc(O)c4n3)cc21. The molecule has 3 aromatic heterocycles. The minimum atomic E-state index is 0.0670. The van der Waals surface area contributed by atoms with E-state index in [1.807, 2.05) is 50.5 Å². The molecule has 3 heterocycles. The lowest BCUT2D eigenvalue weighted by molar-refractivity contribution is 0.458. The van der Waals surface area contributed by atoms with Crippen molar-refractivity contribution in [1.82, 2.24) is 19.5 Å². The van der Waals surface area contributed by atoms with Crippen LogP contribution in [-0.2, 0) is 0 Å².